The molecule has 0 saturated carbocycles. The fourth-order valence-corrected chi connectivity index (χ4v) is 1.35. The van der Waals surface area contributed by atoms with Crippen molar-refractivity contribution in [1.82, 2.24) is 0 Å². The van der Waals surface area contributed by atoms with Crippen LogP contribution in [0.25, 0.3) is 0 Å². The van der Waals surface area contributed by atoms with Crippen LogP contribution in [0.1, 0.15) is 6.92 Å². The number of alkyl halides is 1. The number of hydrogen-bond acceptors (Lipinski definition) is 3. The van der Waals surface area contributed by atoms with Gasteiger partial charge in [-0.05, 0) is 17.5 Å². The highest BCUT2D eigenvalue weighted by atomic mass is 35.5. The SMILES string of the molecule is CC(Cl)(Oc1cccs1)C(=O)O. The minimum absolute atomic E-state index is 0.495. The molecule has 0 aliphatic rings. The van der Waals surface area contributed by atoms with Crippen molar-refractivity contribution in [2.75, 3.05) is 0 Å². The Bertz CT molecular complexity index is 268. The van der Waals surface area contributed by atoms with E-state index in [1.54, 1.807) is 17.5 Å². The highest BCUT2D eigenvalue weighted by molar-refractivity contribution is 7.11. The van der Waals surface area contributed by atoms with Crippen LogP contribution in [0, 0.1) is 0 Å². The summed E-state index contributed by atoms with van der Waals surface area (Å²) >= 11 is 6.84. The molecule has 1 rings (SSSR count). The Morgan fingerprint density at radius 3 is 2.92 bits per heavy atom. The Balaban J connectivity index is 2.69. The summed E-state index contributed by atoms with van der Waals surface area (Å²) in [7, 11) is 0. The van der Waals surface area contributed by atoms with Gasteiger partial charge < -0.3 is 9.84 Å². The van der Waals surface area contributed by atoms with Gasteiger partial charge in [0.2, 0.25) is 0 Å². The molecule has 0 fully saturated rings. The Morgan fingerprint density at radius 1 is 1.83 bits per heavy atom. The molecular weight excluding hydrogens is 200 g/mol. The van der Waals surface area contributed by atoms with Crippen LogP contribution in [0.3, 0.4) is 0 Å². The van der Waals surface area contributed by atoms with Gasteiger partial charge in [0.05, 0.1) is 0 Å². The monoisotopic (exact) mass is 206 g/mol. The summed E-state index contributed by atoms with van der Waals surface area (Å²) in [5.41, 5.74) is 0. The minimum atomic E-state index is -1.68. The van der Waals surface area contributed by atoms with Crippen LogP contribution in [-0.4, -0.2) is 16.1 Å². The molecule has 0 radical (unpaired) electrons. The number of rotatable bonds is 3. The lowest BCUT2D eigenvalue weighted by atomic mass is 10.4. The van der Waals surface area contributed by atoms with E-state index in [1.807, 2.05) is 0 Å². The molecule has 0 aliphatic heterocycles. The molecule has 1 N–H and O–H groups in total. The third kappa shape index (κ3) is 2.12. The summed E-state index contributed by atoms with van der Waals surface area (Å²) in [5, 5.41) is 9.19. The van der Waals surface area contributed by atoms with Crippen molar-refractivity contribution in [2.45, 2.75) is 12.0 Å². The molecular formula is C7H7ClO3S. The molecule has 0 bridgehead atoms. The number of aliphatic carboxylic acids is 1. The molecule has 1 aromatic rings. The lowest BCUT2D eigenvalue weighted by Gasteiger charge is -2.16. The van der Waals surface area contributed by atoms with Gasteiger partial charge in [0.1, 0.15) is 0 Å². The van der Waals surface area contributed by atoms with Crippen LogP contribution >= 0.6 is 22.9 Å². The molecule has 0 aliphatic carbocycles. The van der Waals surface area contributed by atoms with E-state index < -0.39 is 11.0 Å². The second-order valence-corrected chi connectivity index (χ2v) is 3.89. The first-order valence-corrected chi connectivity index (χ1v) is 4.43. The van der Waals surface area contributed by atoms with Crippen molar-refractivity contribution in [3.63, 3.8) is 0 Å². The van der Waals surface area contributed by atoms with E-state index in [2.05, 4.69) is 0 Å². The summed E-state index contributed by atoms with van der Waals surface area (Å²) in [6.45, 7) is 1.29. The zero-order valence-electron chi connectivity index (χ0n) is 6.28. The normalized spacial score (nSPS) is 15.2. The molecule has 0 saturated heterocycles. The topological polar surface area (TPSA) is 46.5 Å². The van der Waals surface area contributed by atoms with Crippen molar-refractivity contribution in [3.8, 4) is 5.06 Å². The van der Waals surface area contributed by atoms with Crippen molar-refractivity contribution >= 4 is 28.9 Å². The predicted molar refractivity (Wildman–Crippen MR) is 46.8 cm³/mol. The van der Waals surface area contributed by atoms with Gasteiger partial charge in [-0.25, -0.2) is 4.79 Å². The van der Waals surface area contributed by atoms with Crippen molar-refractivity contribution in [3.05, 3.63) is 17.5 Å². The maximum atomic E-state index is 10.5. The zero-order chi connectivity index (χ0) is 9.19. The number of thiophene rings is 1. The Labute approximate surface area is 78.5 Å². The number of carboxylic acids is 1. The second kappa shape index (κ2) is 3.33. The number of halogens is 1. The summed E-state index contributed by atoms with van der Waals surface area (Å²) in [6.07, 6.45) is 0. The second-order valence-electron chi connectivity index (χ2n) is 2.26. The number of hydrogen-bond donors (Lipinski definition) is 1. The van der Waals surface area contributed by atoms with E-state index >= 15 is 0 Å². The maximum absolute atomic E-state index is 10.5. The van der Waals surface area contributed by atoms with Crippen LogP contribution < -0.4 is 4.74 Å². The van der Waals surface area contributed by atoms with Gasteiger partial charge in [-0.1, -0.05) is 11.6 Å². The largest absolute Gasteiger partial charge is 0.477 e. The van der Waals surface area contributed by atoms with Crippen molar-refractivity contribution in [2.24, 2.45) is 0 Å². The summed E-state index contributed by atoms with van der Waals surface area (Å²) < 4.78 is 4.99. The third-order valence-corrected chi connectivity index (χ3v) is 2.15. The molecule has 1 unspecified atom stereocenters. The average molecular weight is 207 g/mol. The zero-order valence-corrected chi connectivity index (χ0v) is 7.85. The van der Waals surface area contributed by atoms with Gasteiger partial charge in [-0.3, -0.25) is 0 Å². The molecule has 66 valence electrons. The minimum Gasteiger partial charge on any atom is -0.477 e. The van der Waals surface area contributed by atoms with E-state index in [1.165, 1.54) is 18.3 Å². The summed E-state index contributed by atoms with van der Waals surface area (Å²) in [4.78, 5) is 10.5. The average Bonchev–Trinajstić information content (AvgIpc) is 2.38. The van der Waals surface area contributed by atoms with E-state index in [4.69, 9.17) is 21.4 Å². The highest BCUT2D eigenvalue weighted by Gasteiger charge is 2.32. The molecule has 0 amide bonds. The van der Waals surface area contributed by atoms with Crippen LogP contribution in [0.5, 0.6) is 5.06 Å². The van der Waals surface area contributed by atoms with Gasteiger partial charge >= 0.3 is 5.97 Å². The predicted octanol–water partition coefficient (Wildman–Crippen LogP) is 2.17. The van der Waals surface area contributed by atoms with E-state index in [0.29, 0.717) is 5.06 Å². The van der Waals surface area contributed by atoms with Gasteiger partial charge in [0, 0.05) is 6.92 Å². The first kappa shape index (κ1) is 9.35. The van der Waals surface area contributed by atoms with E-state index in [0.717, 1.165) is 0 Å². The molecule has 0 aromatic carbocycles. The molecule has 1 heterocycles. The molecule has 0 spiro atoms. The van der Waals surface area contributed by atoms with Crippen molar-refractivity contribution < 1.29 is 14.6 Å². The Hall–Kier alpha value is -0.740. The highest BCUT2D eigenvalue weighted by Crippen LogP contribution is 2.26. The van der Waals surface area contributed by atoms with Crippen molar-refractivity contribution in [1.29, 1.82) is 0 Å². The first-order valence-electron chi connectivity index (χ1n) is 3.17. The standard InChI is InChI=1S/C7H7ClO3S/c1-7(8,6(9)10)11-5-3-2-4-12-5/h2-4H,1H3,(H,9,10). The van der Waals surface area contributed by atoms with Crippen LogP contribution in [-0.2, 0) is 4.79 Å². The lowest BCUT2D eigenvalue weighted by molar-refractivity contribution is -0.147. The van der Waals surface area contributed by atoms with Gasteiger partial charge in [0.15, 0.2) is 5.06 Å². The first-order chi connectivity index (χ1) is 5.52. The number of carbonyl (C=O) groups is 1. The maximum Gasteiger partial charge on any atom is 0.363 e. The van der Waals surface area contributed by atoms with Gasteiger partial charge in [0.25, 0.3) is 5.06 Å². The van der Waals surface area contributed by atoms with Gasteiger partial charge in [-0.2, -0.15) is 0 Å². The Morgan fingerprint density at radius 2 is 2.50 bits per heavy atom. The number of ether oxygens (including phenoxy) is 1. The smallest absolute Gasteiger partial charge is 0.363 e. The Kier molecular flexibility index (Phi) is 2.59. The molecule has 1 atom stereocenters. The lowest BCUT2D eigenvalue weighted by Crippen LogP contribution is -2.34. The van der Waals surface area contributed by atoms with Gasteiger partial charge in [-0.15, -0.1) is 11.3 Å². The quantitative estimate of drug-likeness (QED) is 0.771. The number of carboxylic acid groups (broad SMARTS) is 1. The fraction of sp³-hybridized carbons (Fsp3) is 0.286. The summed E-state index contributed by atoms with van der Waals surface area (Å²) in [6, 6.07) is 3.42. The van der Waals surface area contributed by atoms with Crippen LogP contribution in [0.2, 0.25) is 0 Å². The third-order valence-electron chi connectivity index (χ3n) is 1.17. The molecule has 1 aromatic heterocycles. The van der Waals surface area contributed by atoms with Crippen LogP contribution in [0.4, 0.5) is 0 Å². The summed E-state index contributed by atoms with van der Waals surface area (Å²) in [5.74, 6) is -1.20. The molecule has 12 heavy (non-hydrogen) atoms. The van der Waals surface area contributed by atoms with Crippen LogP contribution in [0.15, 0.2) is 17.5 Å². The van der Waals surface area contributed by atoms with E-state index in [-0.39, 0.29) is 0 Å². The fourth-order valence-electron chi connectivity index (χ4n) is 0.554. The molecule has 5 heteroatoms. The molecule has 3 nitrogen and oxygen atoms in total. The van der Waals surface area contributed by atoms with E-state index in [9.17, 15) is 4.79 Å².